The predicted molar refractivity (Wildman–Crippen MR) is 82.2 cm³/mol. The highest BCUT2D eigenvalue weighted by atomic mass is 32.2. The van der Waals surface area contributed by atoms with Crippen LogP contribution in [0.25, 0.3) is 10.9 Å². The van der Waals surface area contributed by atoms with Gasteiger partial charge < -0.3 is 9.88 Å². The van der Waals surface area contributed by atoms with Crippen LogP contribution in [0.5, 0.6) is 0 Å². The summed E-state index contributed by atoms with van der Waals surface area (Å²) in [6.45, 7) is -6.15. The number of nitrogens with zero attached hydrogens (tertiary/aromatic N) is 1. The largest absolute Gasteiger partial charge is 0.361 e. The van der Waals surface area contributed by atoms with E-state index in [4.69, 9.17) is 12.4 Å². The van der Waals surface area contributed by atoms with Gasteiger partial charge in [-0.1, -0.05) is 6.07 Å². The van der Waals surface area contributed by atoms with Crippen molar-refractivity contribution in [3.8, 4) is 0 Å². The average molecular weight is 304 g/mol. The van der Waals surface area contributed by atoms with Gasteiger partial charge in [0.1, 0.15) is 1.41 Å². The van der Waals surface area contributed by atoms with E-state index >= 15 is 0 Å². The molecule has 0 saturated heterocycles. The number of sulfonamides is 1. The first-order valence-corrected chi connectivity index (χ1v) is 7.52. The first-order chi connectivity index (χ1) is 13.1. The normalized spacial score (nSPS) is 20.4. The Morgan fingerprint density at radius 3 is 3.05 bits per heavy atom. The van der Waals surface area contributed by atoms with E-state index in [0.29, 0.717) is 26.1 Å². The number of hydrogen-bond donors (Lipinski definition) is 2. The molecule has 1 aromatic heterocycles. The average Bonchev–Trinajstić information content (AvgIpc) is 2.76. The lowest BCUT2D eigenvalue weighted by Gasteiger charge is -2.08. The number of H-pyrrole nitrogens is 1. The Labute approximate surface area is 132 Å². The monoisotopic (exact) mass is 304 g/mol. The van der Waals surface area contributed by atoms with Gasteiger partial charge in [-0.05, 0) is 50.7 Å². The third-order valence-corrected chi connectivity index (χ3v) is 4.16. The van der Waals surface area contributed by atoms with Crippen molar-refractivity contribution in [1.82, 2.24) is 14.6 Å². The van der Waals surface area contributed by atoms with Crippen LogP contribution >= 0.6 is 0 Å². The van der Waals surface area contributed by atoms with Crippen LogP contribution in [0.2, 0.25) is 2.82 Å². The highest BCUT2D eigenvalue weighted by Gasteiger charge is 2.11. The molecule has 0 fully saturated rings. The summed E-state index contributed by atoms with van der Waals surface area (Å²) in [7, 11) is -2.78. The number of likely N-dealkylation sites (N-methyl/N-ethyl adjacent to an activating group) is 1. The molecule has 0 bridgehead atoms. The highest BCUT2D eigenvalue weighted by Crippen LogP contribution is 2.21. The minimum Gasteiger partial charge on any atom is -0.361 e. The van der Waals surface area contributed by atoms with Gasteiger partial charge in [-0.2, -0.15) is 0 Å². The first kappa shape index (κ1) is 7.06. The van der Waals surface area contributed by atoms with E-state index in [0.717, 1.165) is 12.0 Å². The molecule has 20 heavy (non-hydrogen) atoms. The zero-order valence-corrected chi connectivity index (χ0v) is 11.7. The first-order valence-electron chi connectivity index (χ1n) is 10.3. The molecule has 6 heteroatoms. The number of nitrogens with one attached hydrogen (secondary N) is 2. The van der Waals surface area contributed by atoms with Gasteiger partial charge in [0.15, 0.2) is 1.41 Å². The maximum Gasteiger partial charge on any atom is 0.215 e. The Hall–Kier alpha value is -1.37. The summed E-state index contributed by atoms with van der Waals surface area (Å²) in [6.07, 6.45) is -0.374. The Balaban J connectivity index is 2.45. The molecule has 5 nitrogen and oxygen atoms in total. The zero-order chi connectivity index (χ0) is 22.4. The summed E-state index contributed by atoms with van der Waals surface area (Å²) >= 11 is 0. The Morgan fingerprint density at radius 1 is 1.55 bits per heavy atom. The number of benzene rings is 1. The van der Waals surface area contributed by atoms with E-state index in [1.807, 2.05) is 0 Å². The van der Waals surface area contributed by atoms with Crippen molar-refractivity contribution in [2.45, 2.75) is 12.2 Å². The fourth-order valence-electron chi connectivity index (χ4n) is 1.89. The third-order valence-electron chi connectivity index (χ3n) is 2.91. The molecule has 2 rings (SSSR count). The number of rotatable bonds is 6. The van der Waals surface area contributed by atoms with Crippen molar-refractivity contribution in [2.24, 2.45) is 0 Å². The molecule has 0 spiro atoms. The molecule has 0 amide bonds. The minimum absolute atomic E-state index is 0.132. The van der Waals surface area contributed by atoms with E-state index in [1.165, 1.54) is 18.2 Å². The molecule has 0 atom stereocenters. The van der Waals surface area contributed by atoms with Gasteiger partial charge in [-0.15, -0.1) is 0 Å². The smallest absolute Gasteiger partial charge is 0.215 e. The summed E-state index contributed by atoms with van der Waals surface area (Å²) in [4.78, 5) is 1.19. The maximum atomic E-state index is 12.0. The fraction of sp³-hybridized carbons (Fsp3) is 0.429. The number of aromatic nitrogens is 1. The second-order valence-corrected chi connectivity index (χ2v) is 6.18. The predicted octanol–water partition coefficient (Wildman–Crippen LogP) is 1.32. The summed E-state index contributed by atoms with van der Waals surface area (Å²) in [5.74, 6) is -0.463. The molecule has 0 saturated carbocycles. The standard InChI is InChI=1S/C14H21N3O2S/c1-15-20(18,19)10-11-4-5-14-13(8-11)12(9-16-14)6-7-17(2)3/h4-5,8-9,15-16H,6-7,10H2,1-3H3/i2D3,3D3,9D/hD2. The van der Waals surface area contributed by atoms with Crippen molar-refractivity contribution in [3.63, 3.8) is 0 Å². The van der Waals surface area contributed by atoms with E-state index in [2.05, 4.69) is 0 Å². The van der Waals surface area contributed by atoms with Gasteiger partial charge in [0.05, 0.1) is 7.12 Å². The van der Waals surface area contributed by atoms with E-state index in [1.54, 1.807) is 0 Å². The van der Waals surface area contributed by atoms with Crippen LogP contribution in [-0.4, -0.2) is 45.8 Å². The van der Waals surface area contributed by atoms with E-state index in [9.17, 15) is 8.42 Å². The van der Waals surface area contributed by atoms with Gasteiger partial charge in [0, 0.05) is 31.8 Å². The van der Waals surface area contributed by atoms with Crippen molar-refractivity contribution < 1.29 is 20.8 Å². The van der Waals surface area contributed by atoms with E-state index in [-0.39, 0.29) is 18.2 Å². The quantitative estimate of drug-likeness (QED) is 0.846. The van der Waals surface area contributed by atoms with Crippen molar-refractivity contribution >= 4 is 20.9 Å². The fourth-order valence-corrected chi connectivity index (χ4v) is 2.62. The Kier molecular flexibility index (Phi) is 2.10. The molecule has 1 aromatic carbocycles. The molecule has 2 aromatic rings. The lowest BCUT2D eigenvalue weighted by Crippen LogP contribution is -2.20. The Morgan fingerprint density at radius 2 is 2.35 bits per heavy atom. The molecular formula is C14H21N3O2S. The number of aromatic amines is 1. The summed E-state index contributed by atoms with van der Waals surface area (Å²) in [5, 5.41) is 0.362. The number of hydrogen-bond acceptors (Lipinski definition) is 3. The summed E-state index contributed by atoms with van der Waals surface area (Å²) in [5.41, 5.74) is 0.874. The number of fused-ring (bicyclic) bond motifs is 1. The molecule has 0 aliphatic rings. The van der Waals surface area contributed by atoms with Crippen LogP contribution < -0.4 is 4.72 Å². The van der Waals surface area contributed by atoms with Crippen LogP contribution in [0.1, 0.15) is 20.7 Å². The van der Waals surface area contributed by atoms with E-state index < -0.39 is 36.3 Å². The third kappa shape index (κ3) is 3.59. The lowest BCUT2D eigenvalue weighted by atomic mass is 10.1. The van der Waals surface area contributed by atoms with Crippen molar-refractivity contribution in [3.05, 3.63) is 35.5 Å². The van der Waals surface area contributed by atoms with Crippen molar-refractivity contribution in [2.75, 3.05) is 27.5 Å². The lowest BCUT2D eigenvalue weighted by molar-refractivity contribution is 0.414. The van der Waals surface area contributed by atoms with Crippen LogP contribution in [-0.2, 0) is 22.2 Å². The van der Waals surface area contributed by atoms with Crippen LogP contribution in [0.15, 0.2) is 24.4 Å². The van der Waals surface area contributed by atoms with Gasteiger partial charge in [-0.3, -0.25) is 0 Å². The molecule has 2 N–H and O–H groups in total. The minimum atomic E-state index is -3.86. The van der Waals surface area contributed by atoms with Crippen molar-refractivity contribution in [1.29, 1.82) is 0 Å². The topological polar surface area (TPSA) is 65.2 Å². The molecule has 0 radical (unpaired) electrons. The summed E-state index contributed by atoms with van der Waals surface area (Å²) < 4.78 is 92.2. The highest BCUT2D eigenvalue weighted by molar-refractivity contribution is 7.88. The second-order valence-electron chi connectivity index (χ2n) is 4.36. The molecule has 0 aliphatic heterocycles. The van der Waals surface area contributed by atoms with Crippen LogP contribution in [0, 0.1) is 0 Å². The van der Waals surface area contributed by atoms with Crippen LogP contribution in [0.4, 0.5) is 0 Å². The maximum absolute atomic E-state index is 12.0. The van der Waals surface area contributed by atoms with Crippen LogP contribution in [0.3, 0.4) is 0 Å². The zero-order valence-electron chi connectivity index (χ0n) is 19.9. The van der Waals surface area contributed by atoms with Gasteiger partial charge in [0.25, 0.3) is 0 Å². The second kappa shape index (κ2) is 5.95. The molecule has 1 heterocycles. The molecule has 110 valence electrons. The molecule has 0 unspecified atom stereocenters. The van der Waals surface area contributed by atoms with Gasteiger partial charge in [-0.25, -0.2) is 13.1 Å². The van der Waals surface area contributed by atoms with Gasteiger partial charge in [0.2, 0.25) is 10.0 Å². The molecular weight excluding hydrogens is 274 g/mol. The summed E-state index contributed by atoms with van der Waals surface area (Å²) in [6, 6.07) is 4.39. The Bertz CT molecular complexity index is 982. The molecule has 0 aliphatic carbocycles. The SMILES string of the molecule is [2H]c1c(CCN(C([2H])([2H])[2H])C([2H])([2H])[2H])c2cc(CS(=O)(=O)N([2H])C)ccc2n1[2H]. The van der Waals surface area contributed by atoms with Gasteiger partial charge >= 0.3 is 0 Å².